The number of carbonyl (C=O) groups excluding carboxylic acids is 1. The lowest BCUT2D eigenvalue weighted by molar-refractivity contribution is 0.127. The highest BCUT2D eigenvalue weighted by Gasteiger charge is 2.49. The van der Waals surface area contributed by atoms with Crippen LogP contribution in [0, 0.1) is 5.41 Å². The largest absolute Gasteiger partial charge is 0.326 e. The monoisotopic (exact) mass is 326 g/mol. The molecule has 1 unspecified atom stereocenters. The van der Waals surface area contributed by atoms with Crippen LogP contribution in [0.25, 0.3) is 11.3 Å². The minimum absolute atomic E-state index is 0.0868. The Morgan fingerprint density at radius 2 is 2.29 bits per heavy atom. The Labute approximate surface area is 140 Å². The van der Waals surface area contributed by atoms with E-state index in [0.29, 0.717) is 12.2 Å². The first-order valence-electron chi connectivity index (χ1n) is 8.33. The predicted octanol–water partition coefficient (Wildman–Crippen LogP) is 1.83. The van der Waals surface area contributed by atoms with E-state index in [9.17, 15) is 4.79 Å². The van der Waals surface area contributed by atoms with Crippen molar-refractivity contribution in [1.82, 2.24) is 19.7 Å². The molecule has 7 nitrogen and oxygen atoms in total. The van der Waals surface area contributed by atoms with Crippen molar-refractivity contribution in [2.75, 3.05) is 18.4 Å². The number of amides is 2. The molecular weight excluding hydrogens is 304 g/mol. The van der Waals surface area contributed by atoms with Crippen LogP contribution in [-0.4, -0.2) is 44.8 Å². The Hall–Kier alpha value is -2.41. The van der Waals surface area contributed by atoms with Gasteiger partial charge in [0, 0.05) is 49.6 Å². The topological polar surface area (TPSA) is 89.1 Å². The van der Waals surface area contributed by atoms with Gasteiger partial charge in [0.15, 0.2) is 0 Å². The molecule has 2 aromatic heterocycles. The number of nitrogens with one attached hydrogen (secondary N) is 1. The highest BCUT2D eigenvalue weighted by molar-refractivity contribution is 5.93. The number of aryl methyl sites for hydroxylation is 1. The van der Waals surface area contributed by atoms with E-state index in [1.165, 1.54) is 6.42 Å². The quantitative estimate of drug-likeness (QED) is 0.881. The molecule has 126 valence electrons. The van der Waals surface area contributed by atoms with Crippen molar-refractivity contribution in [2.45, 2.75) is 25.3 Å². The number of likely N-dealkylation sites (tertiary alicyclic amines) is 1. The van der Waals surface area contributed by atoms with Crippen LogP contribution in [-0.2, 0) is 7.05 Å². The first-order valence-corrected chi connectivity index (χ1v) is 8.33. The van der Waals surface area contributed by atoms with Crippen LogP contribution < -0.4 is 11.1 Å². The van der Waals surface area contributed by atoms with E-state index in [1.807, 2.05) is 30.3 Å². The van der Waals surface area contributed by atoms with Gasteiger partial charge in [0.2, 0.25) is 0 Å². The van der Waals surface area contributed by atoms with E-state index in [1.54, 1.807) is 17.1 Å². The molecule has 2 amide bonds. The number of hydrogen-bond donors (Lipinski definition) is 2. The average Bonchev–Trinajstić information content (AvgIpc) is 3.11. The van der Waals surface area contributed by atoms with Gasteiger partial charge in [0.1, 0.15) is 0 Å². The fourth-order valence-electron chi connectivity index (χ4n) is 3.78. The maximum Gasteiger partial charge on any atom is 0.321 e. The fourth-order valence-corrected chi connectivity index (χ4v) is 3.78. The third-order valence-electron chi connectivity index (χ3n) is 5.37. The van der Waals surface area contributed by atoms with Crippen molar-refractivity contribution in [3.05, 3.63) is 30.7 Å². The molecule has 0 bridgehead atoms. The molecule has 1 atom stereocenters. The Kier molecular flexibility index (Phi) is 3.53. The van der Waals surface area contributed by atoms with Crippen molar-refractivity contribution >= 4 is 11.7 Å². The standard InChI is InChI=1S/C17H22N6O/c1-22-9-12(8-20-22)15-13(4-2-7-19-15)21-16(24)23-10-14(18)17(11-23)5-3-6-17/h2,4,7-9,14H,3,5-6,10-11,18H2,1H3,(H,21,24). The first-order chi connectivity index (χ1) is 11.6. The van der Waals surface area contributed by atoms with E-state index in [4.69, 9.17) is 5.73 Å². The molecule has 24 heavy (non-hydrogen) atoms. The average molecular weight is 326 g/mol. The van der Waals surface area contributed by atoms with Crippen LogP contribution in [0.3, 0.4) is 0 Å². The SMILES string of the molecule is Cn1cc(-c2ncccc2NC(=O)N2CC(N)C3(CCC3)C2)cn1. The zero-order valence-corrected chi connectivity index (χ0v) is 13.8. The second-order valence-corrected chi connectivity index (χ2v) is 6.94. The minimum atomic E-state index is -0.104. The molecule has 2 fully saturated rings. The zero-order chi connectivity index (χ0) is 16.7. The summed E-state index contributed by atoms with van der Waals surface area (Å²) in [4.78, 5) is 18.9. The summed E-state index contributed by atoms with van der Waals surface area (Å²) in [7, 11) is 1.86. The number of carbonyl (C=O) groups is 1. The van der Waals surface area contributed by atoms with E-state index >= 15 is 0 Å². The molecule has 1 spiro atoms. The molecule has 1 aliphatic carbocycles. The Bertz CT molecular complexity index is 766. The molecule has 7 heteroatoms. The number of pyridine rings is 1. The molecule has 3 N–H and O–H groups in total. The van der Waals surface area contributed by atoms with Crippen molar-refractivity contribution in [1.29, 1.82) is 0 Å². The second kappa shape index (κ2) is 5.59. The minimum Gasteiger partial charge on any atom is -0.326 e. The summed E-state index contributed by atoms with van der Waals surface area (Å²) in [6, 6.07) is 3.66. The van der Waals surface area contributed by atoms with Gasteiger partial charge in [0.25, 0.3) is 0 Å². The van der Waals surface area contributed by atoms with Crippen molar-refractivity contribution in [3.8, 4) is 11.3 Å². The lowest BCUT2D eigenvalue weighted by atomic mass is 9.66. The molecular formula is C17H22N6O. The number of rotatable bonds is 2. The summed E-state index contributed by atoms with van der Waals surface area (Å²) < 4.78 is 1.72. The predicted molar refractivity (Wildman–Crippen MR) is 91.3 cm³/mol. The normalized spacial score (nSPS) is 21.8. The summed E-state index contributed by atoms with van der Waals surface area (Å²) in [5.41, 5.74) is 8.72. The van der Waals surface area contributed by atoms with Gasteiger partial charge in [-0.05, 0) is 25.0 Å². The summed E-state index contributed by atoms with van der Waals surface area (Å²) in [6.45, 7) is 1.37. The summed E-state index contributed by atoms with van der Waals surface area (Å²) in [5, 5.41) is 7.17. The number of anilines is 1. The Balaban J connectivity index is 1.53. The van der Waals surface area contributed by atoms with Crippen LogP contribution >= 0.6 is 0 Å². The maximum absolute atomic E-state index is 12.7. The highest BCUT2D eigenvalue weighted by atomic mass is 16.2. The number of aromatic nitrogens is 3. The number of nitrogens with zero attached hydrogens (tertiary/aromatic N) is 4. The van der Waals surface area contributed by atoms with Crippen LogP contribution in [0.5, 0.6) is 0 Å². The van der Waals surface area contributed by atoms with Gasteiger partial charge in [-0.25, -0.2) is 4.79 Å². The van der Waals surface area contributed by atoms with Gasteiger partial charge in [-0.2, -0.15) is 5.10 Å². The van der Waals surface area contributed by atoms with Crippen LogP contribution in [0.4, 0.5) is 10.5 Å². The van der Waals surface area contributed by atoms with E-state index in [2.05, 4.69) is 15.4 Å². The molecule has 0 radical (unpaired) electrons. The Morgan fingerprint density at radius 3 is 2.92 bits per heavy atom. The van der Waals surface area contributed by atoms with Gasteiger partial charge in [-0.15, -0.1) is 0 Å². The van der Waals surface area contributed by atoms with E-state index in [0.717, 1.165) is 30.6 Å². The number of urea groups is 1. The van der Waals surface area contributed by atoms with E-state index in [-0.39, 0.29) is 17.5 Å². The molecule has 2 aromatic rings. The molecule has 1 saturated carbocycles. The zero-order valence-electron chi connectivity index (χ0n) is 13.8. The van der Waals surface area contributed by atoms with Crippen molar-refractivity contribution in [3.63, 3.8) is 0 Å². The van der Waals surface area contributed by atoms with Crippen LogP contribution in [0.15, 0.2) is 30.7 Å². The Morgan fingerprint density at radius 1 is 1.46 bits per heavy atom. The fraction of sp³-hybridized carbons (Fsp3) is 0.471. The van der Waals surface area contributed by atoms with Gasteiger partial charge < -0.3 is 16.0 Å². The second-order valence-electron chi connectivity index (χ2n) is 6.94. The smallest absolute Gasteiger partial charge is 0.321 e. The van der Waals surface area contributed by atoms with Gasteiger partial charge in [-0.1, -0.05) is 6.42 Å². The van der Waals surface area contributed by atoms with Crippen LogP contribution in [0.2, 0.25) is 0 Å². The lowest BCUT2D eigenvalue weighted by Crippen LogP contribution is -2.45. The van der Waals surface area contributed by atoms with E-state index < -0.39 is 0 Å². The molecule has 3 heterocycles. The number of hydrogen-bond acceptors (Lipinski definition) is 4. The third kappa shape index (κ3) is 2.45. The molecule has 1 saturated heterocycles. The molecule has 2 aliphatic rings. The van der Waals surface area contributed by atoms with Crippen LogP contribution in [0.1, 0.15) is 19.3 Å². The van der Waals surface area contributed by atoms with Crippen molar-refractivity contribution in [2.24, 2.45) is 18.2 Å². The number of nitrogens with two attached hydrogens (primary N) is 1. The molecule has 4 rings (SSSR count). The summed E-state index contributed by atoms with van der Waals surface area (Å²) in [6.07, 6.45) is 8.82. The maximum atomic E-state index is 12.7. The van der Waals surface area contributed by atoms with Gasteiger partial charge in [-0.3, -0.25) is 9.67 Å². The highest BCUT2D eigenvalue weighted by Crippen LogP contribution is 2.47. The lowest BCUT2D eigenvalue weighted by Gasteiger charge is -2.41. The summed E-state index contributed by atoms with van der Waals surface area (Å²) in [5.74, 6) is 0. The molecule has 0 aromatic carbocycles. The molecule has 1 aliphatic heterocycles. The third-order valence-corrected chi connectivity index (χ3v) is 5.37. The summed E-state index contributed by atoms with van der Waals surface area (Å²) >= 11 is 0. The van der Waals surface area contributed by atoms with Gasteiger partial charge >= 0.3 is 6.03 Å². The van der Waals surface area contributed by atoms with Gasteiger partial charge in [0.05, 0.1) is 17.6 Å². The first kappa shape index (κ1) is 15.1. The van der Waals surface area contributed by atoms with Crippen molar-refractivity contribution < 1.29 is 4.79 Å².